The molecular formula is C32H31F5N2OS. The largest absolute Gasteiger partial charge is 0.455 e. The molecule has 0 spiro atoms. The number of nitrogens with zero attached hydrogens (tertiary/aromatic N) is 1. The second-order valence-corrected chi connectivity index (χ2v) is 11.6. The van der Waals surface area contributed by atoms with Gasteiger partial charge in [-0.25, -0.2) is 17.6 Å². The van der Waals surface area contributed by atoms with Crippen molar-refractivity contribution in [3.63, 3.8) is 0 Å². The summed E-state index contributed by atoms with van der Waals surface area (Å²) in [7, 11) is 0. The van der Waals surface area contributed by atoms with Crippen molar-refractivity contribution < 1.29 is 26.7 Å². The third-order valence-electron chi connectivity index (χ3n) is 7.37. The van der Waals surface area contributed by atoms with Crippen LogP contribution in [0.15, 0.2) is 49.0 Å². The smallest absolute Gasteiger partial charge is 0.271 e. The molecule has 1 fully saturated rings. The van der Waals surface area contributed by atoms with Gasteiger partial charge in [-0.1, -0.05) is 18.7 Å². The first-order chi connectivity index (χ1) is 19.5. The normalized spacial score (nSPS) is 14.3. The van der Waals surface area contributed by atoms with E-state index in [2.05, 4.69) is 16.8 Å². The molecule has 1 aliphatic rings. The maximum absolute atomic E-state index is 14.7. The topological polar surface area (TPSA) is 24.5 Å². The minimum atomic E-state index is -3.43. The highest BCUT2D eigenvalue weighted by Gasteiger charge is 2.33. The molecule has 0 saturated carbocycles. The number of likely N-dealkylation sites (tertiary alicyclic amines) is 1. The van der Waals surface area contributed by atoms with E-state index >= 15 is 0 Å². The molecule has 0 amide bonds. The van der Waals surface area contributed by atoms with Crippen molar-refractivity contribution in [1.29, 1.82) is 0 Å². The van der Waals surface area contributed by atoms with E-state index in [1.807, 2.05) is 38.1 Å². The summed E-state index contributed by atoms with van der Waals surface area (Å²) in [6, 6.07) is 11.0. The van der Waals surface area contributed by atoms with Crippen molar-refractivity contribution in [3.8, 4) is 21.9 Å². The molecule has 5 rings (SSSR count). The van der Waals surface area contributed by atoms with Crippen LogP contribution in [0.1, 0.15) is 35.6 Å². The van der Waals surface area contributed by atoms with Crippen molar-refractivity contribution in [1.82, 2.24) is 4.90 Å². The SMILES string of the molecule is C=Cc1c(C)ccc2c(Oc3ccc(NC4CN(CCCF)C4)cc3C)c(-c3cc(F)c(F)cc3C(C)(F)F)sc12. The van der Waals surface area contributed by atoms with Gasteiger partial charge in [0, 0.05) is 53.5 Å². The Labute approximate surface area is 240 Å². The van der Waals surface area contributed by atoms with Crippen LogP contribution in [0, 0.1) is 25.5 Å². The first kappa shape index (κ1) is 29.1. The quantitative estimate of drug-likeness (QED) is 0.187. The summed E-state index contributed by atoms with van der Waals surface area (Å²) in [5.74, 6) is -5.20. The summed E-state index contributed by atoms with van der Waals surface area (Å²) in [5.41, 5.74) is 2.70. The van der Waals surface area contributed by atoms with Crippen LogP contribution in [0.4, 0.5) is 27.6 Å². The van der Waals surface area contributed by atoms with E-state index in [4.69, 9.17) is 4.74 Å². The molecule has 1 aromatic heterocycles. The standard InChI is InChI=1S/C32H31F5N2OS/c1-5-22-18(2)7-9-23-29(31(41-30(22)23)24-14-26(34)27(35)15-25(24)32(4,36)37)40-28-10-8-20(13-19(28)3)38-21-16-39(17-21)12-6-11-33/h5,7-10,13-15,21,38H,1,6,11-12,16-17H2,2-4H3. The van der Waals surface area contributed by atoms with Crippen LogP contribution in [-0.4, -0.2) is 37.3 Å². The molecule has 0 radical (unpaired) electrons. The molecule has 1 N–H and O–H groups in total. The summed E-state index contributed by atoms with van der Waals surface area (Å²) in [6.45, 7) is 10.5. The van der Waals surface area contributed by atoms with Gasteiger partial charge in [0.15, 0.2) is 17.4 Å². The molecule has 216 valence electrons. The zero-order chi connectivity index (χ0) is 29.5. The van der Waals surface area contributed by atoms with Gasteiger partial charge in [-0.05, 0) is 73.4 Å². The van der Waals surface area contributed by atoms with Gasteiger partial charge >= 0.3 is 0 Å². The van der Waals surface area contributed by atoms with Crippen molar-refractivity contribution in [2.45, 2.75) is 39.2 Å². The molecule has 41 heavy (non-hydrogen) atoms. The van der Waals surface area contributed by atoms with Gasteiger partial charge in [0.05, 0.1) is 17.6 Å². The number of halogens is 5. The van der Waals surface area contributed by atoms with Crippen molar-refractivity contribution in [2.75, 3.05) is 31.6 Å². The van der Waals surface area contributed by atoms with Crippen LogP contribution >= 0.6 is 11.3 Å². The third kappa shape index (κ3) is 5.83. The minimum absolute atomic E-state index is 0.126. The number of alkyl halides is 3. The van der Waals surface area contributed by atoms with Gasteiger partial charge in [0.1, 0.15) is 5.75 Å². The lowest BCUT2D eigenvalue weighted by Crippen LogP contribution is -2.54. The summed E-state index contributed by atoms with van der Waals surface area (Å²) >= 11 is 1.18. The van der Waals surface area contributed by atoms with E-state index in [1.54, 1.807) is 12.1 Å². The second kappa shape index (κ2) is 11.4. The molecule has 9 heteroatoms. The molecule has 0 bridgehead atoms. The van der Waals surface area contributed by atoms with Crippen LogP contribution in [0.25, 0.3) is 26.6 Å². The van der Waals surface area contributed by atoms with Gasteiger partial charge in [0.25, 0.3) is 5.92 Å². The summed E-state index contributed by atoms with van der Waals surface area (Å²) < 4.78 is 77.6. The highest BCUT2D eigenvalue weighted by molar-refractivity contribution is 7.23. The van der Waals surface area contributed by atoms with Crippen molar-refractivity contribution in [2.24, 2.45) is 0 Å². The van der Waals surface area contributed by atoms with Gasteiger partial charge in [-0.2, -0.15) is 0 Å². The lowest BCUT2D eigenvalue weighted by Gasteiger charge is -2.40. The molecule has 1 aliphatic heterocycles. The Morgan fingerprint density at radius 3 is 2.46 bits per heavy atom. The number of fused-ring (bicyclic) bond motifs is 1. The summed E-state index contributed by atoms with van der Waals surface area (Å²) in [5, 5.41) is 4.13. The van der Waals surface area contributed by atoms with Gasteiger partial charge in [-0.15, -0.1) is 11.3 Å². The first-order valence-corrected chi connectivity index (χ1v) is 14.2. The van der Waals surface area contributed by atoms with E-state index in [0.29, 0.717) is 30.5 Å². The Morgan fingerprint density at radius 1 is 1.07 bits per heavy atom. The molecule has 4 aromatic rings. The Morgan fingerprint density at radius 2 is 1.80 bits per heavy atom. The van der Waals surface area contributed by atoms with Gasteiger partial charge in [-0.3, -0.25) is 9.29 Å². The third-order valence-corrected chi connectivity index (χ3v) is 8.63. The van der Waals surface area contributed by atoms with Crippen LogP contribution in [0.5, 0.6) is 11.5 Å². The van der Waals surface area contributed by atoms with Gasteiger partial charge < -0.3 is 10.1 Å². The minimum Gasteiger partial charge on any atom is -0.455 e. The number of anilines is 1. The molecule has 0 aliphatic carbocycles. The van der Waals surface area contributed by atoms with Crippen LogP contribution in [-0.2, 0) is 5.92 Å². The highest BCUT2D eigenvalue weighted by atomic mass is 32.1. The average Bonchev–Trinajstić information content (AvgIpc) is 3.25. The van der Waals surface area contributed by atoms with Crippen LogP contribution in [0.2, 0.25) is 0 Å². The number of rotatable bonds is 10. The molecule has 0 atom stereocenters. The fourth-order valence-electron chi connectivity index (χ4n) is 5.21. The predicted molar refractivity (Wildman–Crippen MR) is 157 cm³/mol. The van der Waals surface area contributed by atoms with E-state index in [1.165, 1.54) is 11.3 Å². The maximum Gasteiger partial charge on any atom is 0.271 e. The molecule has 1 saturated heterocycles. The number of hydrogen-bond acceptors (Lipinski definition) is 4. The zero-order valence-electron chi connectivity index (χ0n) is 23.1. The predicted octanol–water partition coefficient (Wildman–Crippen LogP) is 9.47. The average molecular weight is 587 g/mol. The molecule has 3 nitrogen and oxygen atoms in total. The monoisotopic (exact) mass is 586 g/mol. The number of aryl methyl sites for hydroxylation is 2. The summed E-state index contributed by atoms with van der Waals surface area (Å²) in [6.07, 6.45) is 2.22. The van der Waals surface area contributed by atoms with E-state index < -0.39 is 23.1 Å². The van der Waals surface area contributed by atoms with Crippen LogP contribution in [0.3, 0.4) is 0 Å². The number of ether oxygens (including phenoxy) is 1. The maximum atomic E-state index is 14.7. The lowest BCUT2D eigenvalue weighted by molar-refractivity contribution is 0.0177. The Balaban J connectivity index is 1.54. The molecule has 2 heterocycles. The molecule has 3 aromatic carbocycles. The number of hydrogen-bond donors (Lipinski definition) is 1. The fraction of sp³-hybridized carbons (Fsp3) is 0.312. The number of nitrogens with one attached hydrogen (secondary N) is 1. The van der Waals surface area contributed by atoms with E-state index in [0.717, 1.165) is 52.8 Å². The highest BCUT2D eigenvalue weighted by Crippen LogP contribution is 2.51. The van der Waals surface area contributed by atoms with Crippen molar-refractivity contribution >= 4 is 33.2 Å². The Hall–Kier alpha value is -3.43. The van der Waals surface area contributed by atoms with Crippen molar-refractivity contribution in [3.05, 3.63) is 82.9 Å². The molecule has 0 unspecified atom stereocenters. The lowest BCUT2D eigenvalue weighted by atomic mass is 9.99. The van der Waals surface area contributed by atoms with E-state index in [9.17, 15) is 22.0 Å². The Kier molecular flexibility index (Phi) is 8.12. The Bertz CT molecular complexity index is 1600. The number of benzene rings is 3. The molecular weight excluding hydrogens is 555 g/mol. The first-order valence-electron chi connectivity index (χ1n) is 13.4. The van der Waals surface area contributed by atoms with E-state index in [-0.39, 0.29) is 28.9 Å². The summed E-state index contributed by atoms with van der Waals surface area (Å²) in [4.78, 5) is 2.46. The zero-order valence-corrected chi connectivity index (χ0v) is 23.9. The van der Waals surface area contributed by atoms with Gasteiger partial charge in [0.2, 0.25) is 0 Å². The fourth-order valence-corrected chi connectivity index (χ4v) is 6.57. The van der Waals surface area contributed by atoms with Crippen LogP contribution < -0.4 is 10.1 Å². The number of thiophene rings is 1. The second-order valence-electron chi connectivity index (χ2n) is 10.6.